The highest BCUT2D eigenvalue weighted by Crippen LogP contribution is 2.23. The number of thioether (sulfide) groups is 1. The Labute approximate surface area is 147 Å². The van der Waals surface area contributed by atoms with Crippen LogP contribution in [0.3, 0.4) is 0 Å². The van der Waals surface area contributed by atoms with E-state index in [1.165, 1.54) is 23.1 Å². The molecule has 1 unspecified atom stereocenters. The van der Waals surface area contributed by atoms with Crippen molar-refractivity contribution in [1.82, 2.24) is 19.7 Å². The van der Waals surface area contributed by atoms with Gasteiger partial charge in [-0.25, -0.2) is 4.98 Å². The van der Waals surface area contributed by atoms with Crippen molar-refractivity contribution in [3.8, 4) is 0 Å². The van der Waals surface area contributed by atoms with E-state index < -0.39 is 6.04 Å². The molecule has 2 heterocycles. The number of nitrogens with zero attached hydrogens (tertiary/aromatic N) is 4. The van der Waals surface area contributed by atoms with E-state index in [4.69, 9.17) is 10.5 Å². The summed E-state index contributed by atoms with van der Waals surface area (Å²) in [4.78, 5) is 28.0. The predicted octanol–water partition coefficient (Wildman–Crippen LogP) is 1.34. The highest BCUT2D eigenvalue weighted by molar-refractivity contribution is 7.98. The monoisotopic (exact) mass is 370 g/mol. The molecule has 1 amide bonds. The highest BCUT2D eigenvalue weighted by atomic mass is 32.2. The number of thiazole rings is 1. The zero-order valence-corrected chi connectivity index (χ0v) is 15.1. The first-order chi connectivity index (χ1) is 11.5. The van der Waals surface area contributed by atoms with Gasteiger partial charge in [0.25, 0.3) is 0 Å². The van der Waals surface area contributed by atoms with Crippen LogP contribution in [0.1, 0.15) is 25.6 Å². The molecule has 0 aromatic carbocycles. The fourth-order valence-electron chi connectivity index (χ4n) is 1.92. The Bertz CT molecular complexity index is 729. The summed E-state index contributed by atoms with van der Waals surface area (Å²) in [7, 11) is 0. The van der Waals surface area contributed by atoms with E-state index in [2.05, 4.69) is 20.5 Å². The number of carbonyl (C=O) groups excluding carboxylic acids is 2. The molecule has 0 aliphatic heterocycles. The SMILES string of the molecule is CCOC(=O)Cc1csc(NC(=O)C(C)n2c(N)nnc2SC)n1. The second kappa shape index (κ2) is 8.11. The largest absolute Gasteiger partial charge is 0.466 e. The molecule has 24 heavy (non-hydrogen) atoms. The standard InChI is InChI=1S/C13H18N6O3S2/c1-4-22-9(20)5-8-6-24-12(15-8)16-10(21)7(2)19-11(14)17-18-13(19)23-3/h6-7H,4-5H2,1-3H3,(H2,14,17)(H,15,16,21). The Morgan fingerprint density at radius 2 is 2.25 bits per heavy atom. The molecule has 0 bridgehead atoms. The maximum Gasteiger partial charge on any atom is 0.311 e. The molecule has 0 radical (unpaired) electrons. The average molecular weight is 370 g/mol. The third-order valence-corrected chi connectivity index (χ3v) is 4.50. The zero-order valence-electron chi connectivity index (χ0n) is 13.5. The molecule has 0 saturated heterocycles. The summed E-state index contributed by atoms with van der Waals surface area (Å²) in [6, 6.07) is -0.597. The van der Waals surface area contributed by atoms with Crippen LogP contribution in [-0.2, 0) is 20.7 Å². The number of nitrogens with two attached hydrogens (primary N) is 1. The second-order valence-electron chi connectivity index (χ2n) is 4.71. The summed E-state index contributed by atoms with van der Waals surface area (Å²) in [5, 5.41) is 13.1. The number of hydrogen-bond acceptors (Lipinski definition) is 9. The fourth-order valence-corrected chi connectivity index (χ4v) is 3.21. The Morgan fingerprint density at radius 1 is 1.50 bits per heavy atom. The maximum absolute atomic E-state index is 12.4. The van der Waals surface area contributed by atoms with Gasteiger partial charge >= 0.3 is 5.97 Å². The molecular formula is C13H18N6O3S2. The predicted molar refractivity (Wildman–Crippen MR) is 92.0 cm³/mol. The summed E-state index contributed by atoms with van der Waals surface area (Å²) in [6.45, 7) is 3.76. The Hall–Kier alpha value is -2.14. The number of rotatable bonds is 7. The van der Waals surface area contributed by atoms with Crippen LogP contribution in [0.5, 0.6) is 0 Å². The van der Waals surface area contributed by atoms with Crippen molar-refractivity contribution in [2.24, 2.45) is 0 Å². The third kappa shape index (κ3) is 4.23. The first-order valence-corrected chi connectivity index (χ1v) is 9.22. The number of esters is 1. The van der Waals surface area contributed by atoms with Crippen LogP contribution < -0.4 is 11.1 Å². The van der Waals surface area contributed by atoms with Crippen LogP contribution in [0, 0.1) is 0 Å². The van der Waals surface area contributed by atoms with E-state index in [0.29, 0.717) is 22.6 Å². The Kier molecular flexibility index (Phi) is 6.15. The molecular weight excluding hydrogens is 352 g/mol. The molecule has 0 fully saturated rings. The van der Waals surface area contributed by atoms with E-state index in [1.54, 1.807) is 23.8 Å². The average Bonchev–Trinajstić information content (AvgIpc) is 3.13. The smallest absolute Gasteiger partial charge is 0.311 e. The van der Waals surface area contributed by atoms with Gasteiger partial charge in [0, 0.05) is 5.38 Å². The van der Waals surface area contributed by atoms with Gasteiger partial charge in [0.05, 0.1) is 18.7 Å². The highest BCUT2D eigenvalue weighted by Gasteiger charge is 2.22. The molecule has 0 aliphatic carbocycles. The van der Waals surface area contributed by atoms with Crippen molar-refractivity contribution in [2.75, 3.05) is 23.9 Å². The minimum atomic E-state index is -0.597. The summed E-state index contributed by atoms with van der Waals surface area (Å²) in [6.07, 6.45) is 1.90. The Balaban J connectivity index is 2.03. The number of ether oxygens (including phenoxy) is 1. The summed E-state index contributed by atoms with van der Waals surface area (Å²) < 4.78 is 6.42. The minimum absolute atomic E-state index is 0.0742. The van der Waals surface area contributed by atoms with E-state index in [9.17, 15) is 9.59 Å². The Morgan fingerprint density at radius 3 is 2.92 bits per heavy atom. The normalized spacial score (nSPS) is 12.0. The number of amides is 1. The van der Waals surface area contributed by atoms with E-state index >= 15 is 0 Å². The first kappa shape index (κ1) is 18.2. The minimum Gasteiger partial charge on any atom is -0.466 e. The molecule has 0 saturated carbocycles. The molecule has 2 rings (SSSR count). The van der Waals surface area contributed by atoms with Crippen LogP contribution in [0.4, 0.5) is 11.1 Å². The molecule has 130 valence electrons. The van der Waals surface area contributed by atoms with Gasteiger partial charge in [-0.2, -0.15) is 0 Å². The lowest BCUT2D eigenvalue weighted by atomic mass is 10.3. The molecule has 2 aromatic heterocycles. The van der Waals surface area contributed by atoms with Crippen molar-refractivity contribution in [3.63, 3.8) is 0 Å². The van der Waals surface area contributed by atoms with Crippen molar-refractivity contribution in [2.45, 2.75) is 31.5 Å². The lowest BCUT2D eigenvalue weighted by Crippen LogP contribution is -2.25. The quantitative estimate of drug-likeness (QED) is 0.552. The number of hydrogen-bond donors (Lipinski definition) is 2. The van der Waals surface area contributed by atoms with E-state index in [1.807, 2.05) is 6.26 Å². The first-order valence-electron chi connectivity index (χ1n) is 7.11. The van der Waals surface area contributed by atoms with Crippen molar-refractivity contribution in [3.05, 3.63) is 11.1 Å². The number of carbonyl (C=O) groups is 2. The van der Waals surface area contributed by atoms with E-state index in [-0.39, 0.29) is 24.2 Å². The summed E-state index contributed by atoms with van der Waals surface area (Å²) in [5.41, 5.74) is 6.32. The molecule has 0 aliphatic rings. The van der Waals surface area contributed by atoms with Crippen LogP contribution in [0.2, 0.25) is 0 Å². The number of nitrogens with one attached hydrogen (secondary N) is 1. The van der Waals surface area contributed by atoms with Crippen LogP contribution in [0.15, 0.2) is 10.5 Å². The van der Waals surface area contributed by atoms with Gasteiger partial charge in [-0.05, 0) is 20.1 Å². The summed E-state index contributed by atoms with van der Waals surface area (Å²) >= 11 is 2.59. The molecule has 0 spiro atoms. The lowest BCUT2D eigenvalue weighted by molar-refractivity contribution is -0.142. The van der Waals surface area contributed by atoms with Gasteiger partial charge in [-0.1, -0.05) is 11.8 Å². The van der Waals surface area contributed by atoms with Crippen LogP contribution in [-0.4, -0.2) is 44.5 Å². The van der Waals surface area contributed by atoms with Gasteiger partial charge in [0.1, 0.15) is 6.04 Å². The molecule has 3 N–H and O–H groups in total. The summed E-state index contributed by atoms with van der Waals surface area (Å²) in [5.74, 6) is -0.478. The van der Waals surface area contributed by atoms with Gasteiger partial charge in [0.15, 0.2) is 10.3 Å². The van der Waals surface area contributed by atoms with Crippen molar-refractivity contribution < 1.29 is 14.3 Å². The van der Waals surface area contributed by atoms with Crippen molar-refractivity contribution in [1.29, 1.82) is 0 Å². The van der Waals surface area contributed by atoms with Crippen molar-refractivity contribution >= 4 is 46.1 Å². The molecule has 1 atom stereocenters. The van der Waals surface area contributed by atoms with Crippen LogP contribution in [0.25, 0.3) is 0 Å². The lowest BCUT2D eigenvalue weighted by Gasteiger charge is -2.14. The number of anilines is 2. The second-order valence-corrected chi connectivity index (χ2v) is 6.34. The van der Waals surface area contributed by atoms with Gasteiger partial charge in [-0.15, -0.1) is 21.5 Å². The van der Waals surface area contributed by atoms with Gasteiger partial charge in [0.2, 0.25) is 11.9 Å². The molecule has 11 heteroatoms. The van der Waals surface area contributed by atoms with Gasteiger partial charge in [-0.3, -0.25) is 14.2 Å². The maximum atomic E-state index is 12.4. The fraction of sp³-hybridized carbons (Fsp3) is 0.462. The molecule has 2 aromatic rings. The third-order valence-electron chi connectivity index (χ3n) is 3.05. The zero-order chi connectivity index (χ0) is 17.7. The van der Waals surface area contributed by atoms with E-state index in [0.717, 1.165) is 0 Å². The van der Waals surface area contributed by atoms with Crippen LogP contribution >= 0.6 is 23.1 Å². The van der Waals surface area contributed by atoms with Gasteiger partial charge < -0.3 is 15.8 Å². The number of aromatic nitrogens is 4. The number of nitrogen functional groups attached to an aromatic ring is 1. The topological polar surface area (TPSA) is 125 Å². The molecule has 9 nitrogen and oxygen atoms in total.